The van der Waals surface area contributed by atoms with Crippen LogP contribution in [-0.4, -0.2) is 55.2 Å². The number of ether oxygens (including phenoxy) is 1. The quantitative estimate of drug-likeness (QED) is 0.848. The van der Waals surface area contributed by atoms with Crippen LogP contribution in [0.25, 0.3) is 0 Å². The lowest BCUT2D eigenvalue weighted by atomic mass is 10.1. The lowest BCUT2D eigenvalue weighted by Crippen LogP contribution is -2.52. The Bertz CT molecular complexity index is 801. The van der Waals surface area contributed by atoms with Crippen LogP contribution in [0, 0.1) is 6.92 Å². The molecule has 1 amide bonds. The summed E-state index contributed by atoms with van der Waals surface area (Å²) in [6.45, 7) is 6.96. The Hall–Kier alpha value is -2.73. The van der Waals surface area contributed by atoms with Crippen LogP contribution >= 0.6 is 0 Å². The molecule has 1 aliphatic rings. The third-order valence-corrected chi connectivity index (χ3v) is 5.08. The van der Waals surface area contributed by atoms with Crippen LogP contribution in [0.4, 0.5) is 11.4 Å². The van der Waals surface area contributed by atoms with Gasteiger partial charge in [0.05, 0.1) is 24.5 Å². The van der Waals surface area contributed by atoms with Crippen LogP contribution in [0.1, 0.15) is 12.5 Å². The van der Waals surface area contributed by atoms with E-state index in [2.05, 4.69) is 15.1 Å². The molecule has 0 spiro atoms. The van der Waals surface area contributed by atoms with Gasteiger partial charge in [0.1, 0.15) is 11.5 Å². The zero-order valence-corrected chi connectivity index (χ0v) is 16.1. The van der Waals surface area contributed by atoms with E-state index in [1.54, 1.807) is 13.2 Å². The zero-order valence-electron chi connectivity index (χ0n) is 16.1. The topological polar surface area (TPSA) is 65.0 Å². The maximum atomic E-state index is 12.7. The van der Waals surface area contributed by atoms with Gasteiger partial charge in [-0.2, -0.15) is 0 Å². The first-order valence-corrected chi connectivity index (χ1v) is 9.22. The Balaban J connectivity index is 1.61. The van der Waals surface area contributed by atoms with Gasteiger partial charge < -0.3 is 20.1 Å². The van der Waals surface area contributed by atoms with Gasteiger partial charge >= 0.3 is 0 Å². The third-order valence-electron chi connectivity index (χ3n) is 5.08. The number of nitrogens with one attached hydrogen (secondary N) is 1. The number of benzene rings is 2. The molecule has 0 unspecified atom stereocenters. The van der Waals surface area contributed by atoms with Crippen LogP contribution in [0.15, 0.2) is 42.5 Å². The summed E-state index contributed by atoms with van der Waals surface area (Å²) in [5.41, 5.74) is 2.61. The highest BCUT2D eigenvalue weighted by Crippen LogP contribution is 2.28. The van der Waals surface area contributed by atoms with E-state index < -0.39 is 0 Å². The molecular formula is C21H27N3O3. The normalized spacial score (nSPS) is 16.0. The number of nitrogens with zero attached hydrogens (tertiary/aromatic N) is 2. The van der Waals surface area contributed by atoms with Crippen molar-refractivity contribution in [1.29, 1.82) is 0 Å². The van der Waals surface area contributed by atoms with E-state index in [-0.39, 0.29) is 11.9 Å². The van der Waals surface area contributed by atoms with Crippen LogP contribution in [0.5, 0.6) is 11.5 Å². The van der Waals surface area contributed by atoms with Gasteiger partial charge in [-0.25, -0.2) is 0 Å². The predicted octanol–water partition coefficient (Wildman–Crippen LogP) is 2.86. The van der Waals surface area contributed by atoms with Crippen molar-refractivity contribution in [2.75, 3.05) is 43.5 Å². The van der Waals surface area contributed by atoms with E-state index >= 15 is 0 Å². The molecule has 2 N–H and O–H groups in total. The highest BCUT2D eigenvalue weighted by atomic mass is 16.5. The number of methoxy groups -OCH3 is 1. The molecule has 0 radical (unpaired) electrons. The van der Waals surface area contributed by atoms with Crippen molar-refractivity contribution >= 4 is 17.3 Å². The number of rotatable bonds is 5. The molecule has 6 nitrogen and oxygen atoms in total. The minimum Gasteiger partial charge on any atom is -0.506 e. The number of phenolic OH excluding ortho intramolecular Hbond substituents is 1. The molecule has 144 valence electrons. The van der Waals surface area contributed by atoms with Gasteiger partial charge in [0.15, 0.2) is 0 Å². The molecule has 2 aromatic rings. The molecule has 1 saturated heterocycles. The van der Waals surface area contributed by atoms with Gasteiger partial charge in [0, 0.05) is 26.2 Å². The van der Waals surface area contributed by atoms with Crippen molar-refractivity contribution in [2.45, 2.75) is 19.9 Å². The molecule has 0 saturated carbocycles. The summed E-state index contributed by atoms with van der Waals surface area (Å²) in [6.07, 6.45) is 0. The van der Waals surface area contributed by atoms with Gasteiger partial charge in [-0.05, 0) is 43.7 Å². The lowest BCUT2D eigenvalue weighted by molar-refractivity contribution is -0.120. The van der Waals surface area contributed by atoms with Gasteiger partial charge in [-0.15, -0.1) is 0 Å². The number of piperazine rings is 1. The molecule has 1 aliphatic heterocycles. The van der Waals surface area contributed by atoms with Gasteiger partial charge in [-0.3, -0.25) is 9.69 Å². The van der Waals surface area contributed by atoms with E-state index in [0.717, 1.165) is 37.4 Å². The first-order chi connectivity index (χ1) is 13.0. The van der Waals surface area contributed by atoms with Crippen molar-refractivity contribution in [2.24, 2.45) is 0 Å². The largest absolute Gasteiger partial charge is 0.506 e. The van der Waals surface area contributed by atoms with E-state index in [1.807, 2.05) is 50.2 Å². The molecule has 1 heterocycles. The highest BCUT2D eigenvalue weighted by molar-refractivity contribution is 5.96. The summed E-state index contributed by atoms with van der Waals surface area (Å²) in [5.74, 6) is 0.906. The van der Waals surface area contributed by atoms with Crippen LogP contribution in [0.3, 0.4) is 0 Å². The Labute approximate surface area is 160 Å². The van der Waals surface area contributed by atoms with Crippen molar-refractivity contribution in [3.63, 3.8) is 0 Å². The Kier molecular flexibility index (Phi) is 5.86. The minimum absolute atomic E-state index is 0.0464. The summed E-state index contributed by atoms with van der Waals surface area (Å²) < 4.78 is 5.34. The molecule has 6 heteroatoms. The van der Waals surface area contributed by atoms with Crippen molar-refractivity contribution < 1.29 is 14.6 Å². The van der Waals surface area contributed by atoms with Crippen LogP contribution in [-0.2, 0) is 4.79 Å². The second kappa shape index (κ2) is 8.31. The average molecular weight is 369 g/mol. The van der Waals surface area contributed by atoms with E-state index in [1.165, 1.54) is 0 Å². The number of amides is 1. The molecule has 0 aliphatic carbocycles. The van der Waals surface area contributed by atoms with Crippen LogP contribution in [0.2, 0.25) is 0 Å². The molecule has 1 fully saturated rings. The number of carbonyl (C=O) groups excluding carboxylic acids is 1. The van der Waals surface area contributed by atoms with Crippen molar-refractivity contribution in [3.8, 4) is 11.5 Å². The molecule has 0 aromatic heterocycles. The number of phenols is 1. The minimum atomic E-state index is -0.248. The summed E-state index contributed by atoms with van der Waals surface area (Å²) in [6, 6.07) is 12.9. The average Bonchev–Trinajstić information content (AvgIpc) is 2.68. The van der Waals surface area contributed by atoms with Gasteiger partial charge in [-0.1, -0.05) is 18.2 Å². The summed E-state index contributed by atoms with van der Waals surface area (Å²) in [7, 11) is 1.60. The molecule has 2 aromatic carbocycles. The number of hydrogen-bond donors (Lipinski definition) is 2. The predicted molar refractivity (Wildman–Crippen MR) is 108 cm³/mol. The molecule has 3 rings (SSSR count). The fourth-order valence-electron chi connectivity index (χ4n) is 3.40. The number of aromatic hydroxyl groups is 1. The fraction of sp³-hybridized carbons (Fsp3) is 0.381. The Morgan fingerprint density at radius 1 is 1.15 bits per heavy atom. The molecule has 1 atom stereocenters. The summed E-state index contributed by atoms with van der Waals surface area (Å²) in [4.78, 5) is 17.0. The first kappa shape index (κ1) is 19.0. The molecular weight excluding hydrogens is 342 g/mol. The molecule has 27 heavy (non-hydrogen) atoms. The second-order valence-electron chi connectivity index (χ2n) is 6.88. The number of para-hydroxylation sites is 2. The third kappa shape index (κ3) is 4.34. The highest BCUT2D eigenvalue weighted by Gasteiger charge is 2.27. The zero-order chi connectivity index (χ0) is 19.4. The second-order valence-corrected chi connectivity index (χ2v) is 6.88. The Morgan fingerprint density at radius 3 is 2.52 bits per heavy atom. The van der Waals surface area contributed by atoms with Gasteiger partial charge in [0.2, 0.25) is 5.91 Å². The number of aryl methyl sites for hydroxylation is 1. The number of anilines is 2. The fourth-order valence-corrected chi connectivity index (χ4v) is 3.40. The smallest absolute Gasteiger partial charge is 0.241 e. The lowest BCUT2D eigenvalue weighted by Gasteiger charge is -2.38. The SMILES string of the molecule is COc1ccc(C)cc1NC(=O)[C@@H](C)N1CCN(c2ccccc2O)CC1. The maximum absolute atomic E-state index is 12.7. The van der Waals surface area contributed by atoms with Crippen LogP contribution < -0.4 is 15.0 Å². The number of carbonyl (C=O) groups is 1. The van der Waals surface area contributed by atoms with E-state index in [0.29, 0.717) is 17.2 Å². The number of hydrogen-bond acceptors (Lipinski definition) is 5. The van der Waals surface area contributed by atoms with Crippen molar-refractivity contribution in [3.05, 3.63) is 48.0 Å². The first-order valence-electron chi connectivity index (χ1n) is 9.22. The molecule has 0 bridgehead atoms. The van der Waals surface area contributed by atoms with E-state index in [4.69, 9.17) is 4.74 Å². The summed E-state index contributed by atoms with van der Waals surface area (Å²) >= 11 is 0. The standard InChI is InChI=1S/C21H27N3O3/c1-15-8-9-20(27-3)17(14-15)22-21(26)16(2)23-10-12-24(13-11-23)18-6-4-5-7-19(18)25/h4-9,14,16,25H,10-13H2,1-3H3,(H,22,26)/t16-/m1/s1. The Morgan fingerprint density at radius 2 is 1.85 bits per heavy atom. The maximum Gasteiger partial charge on any atom is 0.241 e. The van der Waals surface area contributed by atoms with Gasteiger partial charge in [0.25, 0.3) is 0 Å². The monoisotopic (exact) mass is 369 g/mol. The summed E-state index contributed by atoms with van der Waals surface area (Å²) in [5, 5.41) is 13.0. The van der Waals surface area contributed by atoms with Crippen molar-refractivity contribution in [1.82, 2.24) is 4.90 Å². The van der Waals surface area contributed by atoms with E-state index in [9.17, 15) is 9.90 Å².